The molecule has 1 amide bonds. The lowest BCUT2D eigenvalue weighted by Crippen LogP contribution is -2.47. The maximum Gasteiger partial charge on any atom is 0.408 e. The Morgan fingerprint density at radius 2 is 1.88 bits per heavy atom. The lowest BCUT2D eigenvalue weighted by atomic mass is 10.0. The largest absolute Gasteiger partial charge is 0.467 e. The van der Waals surface area contributed by atoms with Crippen LogP contribution in [0.4, 0.5) is 10.5 Å². The van der Waals surface area contributed by atoms with E-state index in [4.69, 9.17) is 4.74 Å². The number of carbonyl (C=O) groups is 2. The van der Waals surface area contributed by atoms with Gasteiger partial charge in [-0.1, -0.05) is 12.1 Å². The highest BCUT2D eigenvalue weighted by atomic mass is 16.6. The van der Waals surface area contributed by atoms with E-state index in [2.05, 4.69) is 10.1 Å². The number of benzene rings is 1. The van der Waals surface area contributed by atoms with Gasteiger partial charge in [0.1, 0.15) is 11.7 Å². The predicted molar refractivity (Wildman–Crippen MR) is 83.2 cm³/mol. The maximum atomic E-state index is 11.9. The van der Waals surface area contributed by atoms with Crippen molar-refractivity contribution in [3.63, 3.8) is 0 Å². The van der Waals surface area contributed by atoms with E-state index in [0.717, 1.165) is 7.11 Å². The van der Waals surface area contributed by atoms with E-state index in [-0.39, 0.29) is 11.3 Å². The quantitative estimate of drug-likeness (QED) is 0.474. The van der Waals surface area contributed by atoms with Gasteiger partial charge in [0.15, 0.2) is 6.04 Å². The van der Waals surface area contributed by atoms with Gasteiger partial charge in [-0.05, 0) is 26.8 Å². The van der Waals surface area contributed by atoms with Crippen LogP contribution in [-0.4, -0.2) is 40.8 Å². The molecule has 0 saturated carbocycles. The smallest absolute Gasteiger partial charge is 0.408 e. The van der Waals surface area contributed by atoms with Gasteiger partial charge in [-0.25, -0.2) is 9.59 Å². The number of carbonyl (C=O) groups excluding carboxylic acids is 2. The second-order valence-corrected chi connectivity index (χ2v) is 5.91. The third kappa shape index (κ3) is 5.20. The van der Waals surface area contributed by atoms with Crippen molar-refractivity contribution in [2.24, 2.45) is 0 Å². The van der Waals surface area contributed by atoms with Crippen LogP contribution >= 0.6 is 0 Å². The fourth-order valence-corrected chi connectivity index (χ4v) is 1.91. The van der Waals surface area contributed by atoms with Crippen molar-refractivity contribution in [1.82, 2.24) is 5.32 Å². The number of amides is 1. The Balaban J connectivity index is 3.11. The lowest BCUT2D eigenvalue weighted by molar-refractivity contribution is -0.386. The summed E-state index contributed by atoms with van der Waals surface area (Å²) in [4.78, 5) is 34.1. The molecule has 0 aliphatic rings. The highest BCUT2D eigenvalue weighted by molar-refractivity contribution is 5.82. The number of nitro benzene ring substituents is 1. The fourth-order valence-electron chi connectivity index (χ4n) is 1.91. The zero-order valence-electron chi connectivity index (χ0n) is 13.8. The number of nitrogens with zero attached hydrogens (tertiary/aromatic N) is 1. The third-order valence-electron chi connectivity index (χ3n) is 2.90. The van der Waals surface area contributed by atoms with Crippen molar-refractivity contribution in [3.05, 3.63) is 39.9 Å². The SMILES string of the molecule is COC(=O)[C@H](NC(=O)OC(C)(C)C)[C@H](O)c1ccccc1[N+](=O)[O-]. The first kappa shape index (κ1) is 19.4. The van der Waals surface area contributed by atoms with Gasteiger partial charge in [0.2, 0.25) is 0 Å². The van der Waals surface area contributed by atoms with Crippen molar-refractivity contribution < 1.29 is 29.1 Å². The number of esters is 1. The minimum Gasteiger partial charge on any atom is -0.467 e. The summed E-state index contributed by atoms with van der Waals surface area (Å²) in [5.74, 6) is -0.966. The molecule has 0 saturated heterocycles. The van der Waals surface area contributed by atoms with E-state index in [1.807, 2.05) is 0 Å². The van der Waals surface area contributed by atoms with Gasteiger partial charge >= 0.3 is 12.1 Å². The number of rotatable bonds is 5. The number of hydrogen-bond acceptors (Lipinski definition) is 7. The van der Waals surface area contributed by atoms with Gasteiger partial charge in [0, 0.05) is 6.07 Å². The topological polar surface area (TPSA) is 128 Å². The molecule has 9 nitrogen and oxygen atoms in total. The highest BCUT2D eigenvalue weighted by Crippen LogP contribution is 2.27. The molecule has 0 aliphatic heterocycles. The molecule has 0 heterocycles. The van der Waals surface area contributed by atoms with Crippen molar-refractivity contribution in [2.45, 2.75) is 38.5 Å². The van der Waals surface area contributed by atoms with Crippen LogP contribution in [0.1, 0.15) is 32.4 Å². The highest BCUT2D eigenvalue weighted by Gasteiger charge is 2.35. The van der Waals surface area contributed by atoms with E-state index in [1.165, 1.54) is 24.3 Å². The molecule has 2 atom stereocenters. The van der Waals surface area contributed by atoms with E-state index in [0.29, 0.717) is 0 Å². The Bertz CT molecular complexity index is 624. The molecular weight excluding hydrogens is 320 g/mol. The summed E-state index contributed by atoms with van der Waals surface area (Å²) in [7, 11) is 1.07. The van der Waals surface area contributed by atoms with Crippen LogP contribution in [0.15, 0.2) is 24.3 Å². The minimum atomic E-state index is -1.69. The number of para-hydroxylation sites is 1. The van der Waals surface area contributed by atoms with Crippen LogP contribution in [0, 0.1) is 10.1 Å². The van der Waals surface area contributed by atoms with Gasteiger partial charge in [-0.3, -0.25) is 10.1 Å². The summed E-state index contributed by atoms with van der Waals surface area (Å²) in [6, 6.07) is 3.79. The molecule has 0 bridgehead atoms. The summed E-state index contributed by atoms with van der Waals surface area (Å²) in [5.41, 5.74) is -1.34. The summed E-state index contributed by atoms with van der Waals surface area (Å²) in [6.07, 6.45) is -2.65. The monoisotopic (exact) mass is 340 g/mol. The minimum absolute atomic E-state index is 0.131. The van der Waals surface area contributed by atoms with Gasteiger partial charge < -0.3 is 19.9 Å². The number of hydrogen-bond donors (Lipinski definition) is 2. The average Bonchev–Trinajstić information content (AvgIpc) is 2.49. The molecule has 0 aliphatic carbocycles. The number of nitro groups is 1. The van der Waals surface area contributed by atoms with E-state index >= 15 is 0 Å². The van der Waals surface area contributed by atoms with Crippen LogP contribution in [-0.2, 0) is 14.3 Å². The third-order valence-corrected chi connectivity index (χ3v) is 2.90. The number of alkyl carbamates (subject to hydrolysis) is 1. The van der Waals surface area contributed by atoms with Gasteiger partial charge in [0.05, 0.1) is 17.6 Å². The summed E-state index contributed by atoms with van der Waals surface area (Å²) in [6.45, 7) is 4.87. The zero-order chi connectivity index (χ0) is 18.5. The number of ether oxygens (including phenoxy) is 2. The molecule has 0 fully saturated rings. The second kappa shape index (κ2) is 7.73. The molecule has 0 unspecified atom stereocenters. The second-order valence-electron chi connectivity index (χ2n) is 5.91. The van der Waals surface area contributed by atoms with Crippen LogP contribution < -0.4 is 5.32 Å². The normalized spacial score (nSPS) is 13.5. The fraction of sp³-hybridized carbons (Fsp3) is 0.467. The van der Waals surface area contributed by atoms with Crippen LogP contribution in [0.3, 0.4) is 0 Å². The van der Waals surface area contributed by atoms with Crippen LogP contribution in [0.25, 0.3) is 0 Å². The van der Waals surface area contributed by atoms with E-state index in [1.54, 1.807) is 20.8 Å². The molecule has 0 radical (unpaired) electrons. The number of aliphatic hydroxyl groups is 1. The molecule has 9 heteroatoms. The Morgan fingerprint density at radius 1 is 1.29 bits per heavy atom. The average molecular weight is 340 g/mol. The Morgan fingerprint density at radius 3 is 2.38 bits per heavy atom. The van der Waals surface area contributed by atoms with Gasteiger partial charge in [-0.2, -0.15) is 0 Å². The lowest BCUT2D eigenvalue weighted by Gasteiger charge is -2.25. The maximum absolute atomic E-state index is 11.9. The van der Waals surface area contributed by atoms with Crippen molar-refractivity contribution in [1.29, 1.82) is 0 Å². The predicted octanol–water partition coefficient (Wildman–Crippen LogP) is 1.69. The Hall–Kier alpha value is -2.68. The molecule has 132 valence electrons. The van der Waals surface area contributed by atoms with Crippen LogP contribution in [0.2, 0.25) is 0 Å². The zero-order valence-corrected chi connectivity index (χ0v) is 13.8. The number of methoxy groups -OCH3 is 1. The van der Waals surface area contributed by atoms with Crippen LogP contribution in [0.5, 0.6) is 0 Å². The van der Waals surface area contributed by atoms with E-state index in [9.17, 15) is 24.8 Å². The first-order valence-electron chi connectivity index (χ1n) is 7.05. The molecular formula is C15H20N2O7. The molecule has 1 rings (SSSR count). The first-order valence-corrected chi connectivity index (χ1v) is 7.05. The molecule has 24 heavy (non-hydrogen) atoms. The number of nitrogens with one attached hydrogen (secondary N) is 1. The Labute approximate surface area is 138 Å². The molecule has 1 aromatic carbocycles. The molecule has 2 N–H and O–H groups in total. The molecule has 0 aromatic heterocycles. The first-order chi connectivity index (χ1) is 11.1. The summed E-state index contributed by atoms with van der Waals surface area (Å²) in [5, 5.41) is 23.6. The van der Waals surface area contributed by atoms with E-state index < -0.39 is 34.7 Å². The van der Waals surface area contributed by atoms with Crippen molar-refractivity contribution in [3.8, 4) is 0 Å². The molecule has 1 aromatic rings. The summed E-state index contributed by atoms with van der Waals surface area (Å²) < 4.78 is 9.57. The number of aliphatic hydroxyl groups excluding tert-OH is 1. The van der Waals surface area contributed by atoms with Gasteiger partial charge in [0.25, 0.3) is 5.69 Å². The van der Waals surface area contributed by atoms with Crippen molar-refractivity contribution >= 4 is 17.7 Å². The summed E-state index contributed by atoms with van der Waals surface area (Å²) >= 11 is 0. The van der Waals surface area contributed by atoms with Gasteiger partial charge in [-0.15, -0.1) is 0 Å². The van der Waals surface area contributed by atoms with Crippen molar-refractivity contribution in [2.75, 3.05) is 7.11 Å². The molecule has 0 spiro atoms. The standard InChI is InChI=1S/C15H20N2O7/c1-15(2,3)24-14(20)16-11(13(19)23-4)12(18)9-7-5-6-8-10(9)17(21)22/h5-8,11-12,18H,1-4H3,(H,16,20)/t11-,12-/m1/s1. The Kier molecular flexibility index (Phi) is 6.24.